The Morgan fingerprint density at radius 3 is 2.80 bits per heavy atom. The van der Waals surface area contributed by atoms with Crippen molar-refractivity contribution in [3.05, 3.63) is 0 Å². The van der Waals surface area contributed by atoms with E-state index in [-0.39, 0.29) is 0 Å². The first-order valence-electron chi connectivity index (χ1n) is 3.54. The Morgan fingerprint density at radius 1 is 1.60 bits per heavy atom. The molecule has 0 saturated carbocycles. The largest absolute Gasteiger partial charge is 0.385 e. The molecule has 62 valence electrons. The minimum atomic E-state index is 0.352. The van der Waals surface area contributed by atoms with Crippen LogP contribution in [0.15, 0.2) is 0 Å². The lowest BCUT2D eigenvalue weighted by atomic mass is 10.2. The molecule has 0 aromatic carbocycles. The van der Waals surface area contributed by atoms with Crippen molar-refractivity contribution in [1.29, 1.82) is 0 Å². The van der Waals surface area contributed by atoms with E-state index in [0.29, 0.717) is 6.04 Å². The van der Waals surface area contributed by atoms with E-state index in [1.807, 2.05) is 0 Å². The minimum absolute atomic E-state index is 0.352. The average Bonchev–Trinajstić information content (AvgIpc) is 1.89. The summed E-state index contributed by atoms with van der Waals surface area (Å²) in [6.07, 6.45) is 4.24. The Kier molecular flexibility index (Phi) is 7.58. The highest BCUT2D eigenvalue weighted by molar-refractivity contribution is 7.98. The second-order valence-electron chi connectivity index (χ2n) is 2.35. The van der Waals surface area contributed by atoms with Gasteiger partial charge in [-0.2, -0.15) is 11.8 Å². The summed E-state index contributed by atoms with van der Waals surface area (Å²) >= 11 is 1.80. The highest BCUT2D eigenvalue weighted by atomic mass is 32.2. The molecule has 1 unspecified atom stereocenters. The van der Waals surface area contributed by atoms with Crippen LogP contribution in [0.2, 0.25) is 0 Å². The van der Waals surface area contributed by atoms with E-state index in [9.17, 15) is 0 Å². The van der Waals surface area contributed by atoms with Crippen molar-refractivity contribution in [3.8, 4) is 0 Å². The molecule has 0 rings (SSSR count). The van der Waals surface area contributed by atoms with Gasteiger partial charge in [-0.3, -0.25) is 0 Å². The first kappa shape index (κ1) is 10.3. The molecule has 0 aliphatic rings. The van der Waals surface area contributed by atoms with Crippen LogP contribution in [0.4, 0.5) is 0 Å². The van der Waals surface area contributed by atoms with Crippen molar-refractivity contribution >= 4 is 11.8 Å². The topological polar surface area (TPSA) is 35.2 Å². The number of methoxy groups -OCH3 is 1. The molecular weight excluding hydrogens is 146 g/mol. The third-order valence-electron chi connectivity index (χ3n) is 1.30. The van der Waals surface area contributed by atoms with Crippen LogP contribution >= 0.6 is 11.8 Å². The predicted octanol–water partition coefficient (Wildman–Crippen LogP) is 1.10. The maximum atomic E-state index is 5.75. The fraction of sp³-hybridized carbons (Fsp3) is 1.00. The SMILES string of the molecule is COCCCC(N)CSC. The van der Waals surface area contributed by atoms with Gasteiger partial charge in [0.15, 0.2) is 0 Å². The van der Waals surface area contributed by atoms with Crippen LogP contribution in [0, 0.1) is 0 Å². The summed E-state index contributed by atoms with van der Waals surface area (Å²) in [5, 5.41) is 0. The quantitative estimate of drug-likeness (QED) is 0.596. The summed E-state index contributed by atoms with van der Waals surface area (Å²) in [6.45, 7) is 0.835. The fourth-order valence-corrected chi connectivity index (χ4v) is 1.38. The summed E-state index contributed by atoms with van der Waals surface area (Å²) in [6, 6.07) is 0.352. The van der Waals surface area contributed by atoms with Crippen molar-refractivity contribution in [2.45, 2.75) is 18.9 Å². The van der Waals surface area contributed by atoms with Gasteiger partial charge in [0.1, 0.15) is 0 Å². The maximum Gasteiger partial charge on any atom is 0.0462 e. The average molecular weight is 163 g/mol. The third kappa shape index (κ3) is 6.39. The number of hydrogen-bond acceptors (Lipinski definition) is 3. The zero-order valence-corrected chi connectivity index (χ0v) is 7.62. The van der Waals surface area contributed by atoms with Gasteiger partial charge in [0.25, 0.3) is 0 Å². The lowest BCUT2D eigenvalue weighted by molar-refractivity contribution is 0.191. The molecule has 2 nitrogen and oxygen atoms in total. The van der Waals surface area contributed by atoms with Crippen molar-refractivity contribution in [1.82, 2.24) is 0 Å². The Morgan fingerprint density at radius 2 is 2.30 bits per heavy atom. The van der Waals surface area contributed by atoms with E-state index >= 15 is 0 Å². The number of ether oxygens (including phenoxy) is 1. The van der Waals surface area contributed by atoms with Gasteiger partial charge in [-0.1, -0.05) is 0 Å². The summed E-state index contributed by atoms with van der Waals surface area (Å²) in [5.74, 6) is 1.06. The van der Waals surface area contributed by atoms with E-state index in [0.717, 1.165) is 25.2 Å². The monoisotopic (exact) mass is 163 g/mol. The van der Waals surface area contributed by atoms with Crippen LogP contribution in [0.3, 0.4) is 0 Å². The second-order valence-corrected chi connectivity index (χ2v) is 3.26. The highest BCUT2D eigenvalue weighted by Crippen LogP contribution is 2.01. The molecule has 1 atom stereocenters. The van der Waals surface area contributed by atoms with Gasteiger partial charge in [-0.15, -0.1) is 0 Å². The maximum absolute atomic E-state index is 5.75. The molecule has 0 aromatic heterocycles. The van der Waals surface area contributed by atoms with Gasteiger partial charge in [-0.05, 0) is 19.1 Å². The van der Waals surface area contributed by atoms with Gasteiger partial charge >= 0.3 is 0 Å². The van der Waals surface area contributed by atoms with Crippen LogP contribution in [0.1, 0.15) is 12.8 Å². The number of nitrogens with two attached hydrogens (primary N) is 1. The zero-order chi connectivity index (χ0) is 7.82. The van der Waals surface area contributed by atoms with E-state index in [2.05, 4.69) is 6.26 Å². The molecule has 0 amide bonds. The van der Waals surface area contributed by atoms with Crippen LogP contribution in [0.25, 0.3) is 0 Å². The minimum Gasteiger partial charge on any atom is -0.385 e. The Balaban J connectivity index is 2.97. The number of rotatable bonds is 6. The third-order valence-corrected chi connectivity index (χ3v) is 2.07. The first-order valence-corrected chi connectivity index (χ1v) is 4.94. The lowest BCUT2D eigenvalue weighted by Gasteiger charge is -2.07. The van der Waals surface area contributed by atoms with Gasteiger partial charge in [-0.25, -0.2) is 0 Å². The van der Waals surface area contributed by atoms with Crippen LogP contribution in [0.5, 0.6) is 0 Å². The van der Waals surface area contributed by atoms with Crippen LogP contribution < -0.4 is 5.73 Å². The van der Waals surface area contributed by atoms with Gasteiger partial charge in [0.2, 0.25) is 0 Å². The molecule has 0 spiro atoms. The van der Waals surface area contributed by atoms with E-state index in [1.54, 1.807) is 18.9 Å². The molecular formula is C7H17NOS. The van der Waals surface area contributed by atoms with Crippen LogP contribution in [-0.4, -0.2) is 31.8 Å². The van der Waals surface area contributed by atoms with Crippen molar-refractivity contribution < 1.29 is 4.74 Å². The van der Waals surface area contributed by atoms with Gasteiger partial charge < -0.3 is 10.5 Å². The second kappa shape index (κ2) is 7.38. The van der Waals surface area contributed by atoms with Crippen molar-refractivity contribution in [3.63, 3.8) is 0 Å². The number of thioether (sulfide) groups is 1. The van der Waals surface area contributed by atoms with Crippen molar-refractivity contribution in [2.24, 2.45) is 5.73 Å². The molecule has 0 fully saturated rings. The van der Waals surface area contributed by atoms with E-state index in [4.69, 9.17) is 10.5 Å². The smallest absolute Gasteiger partial charge is 0.0462 e. The van der Waals surface area contributed by atoms with E-state index < -0.39 is 0 Å². The molecule has 0 radical (unpaired) electrons. The fourth-order valence-electron chi connectivity index (χ4n) is 0.787. The zero-order valence-electron chi connectivity index (χ0n) is 6.80. The standard InChI is InChI=1S/C7H17NOS/c1-9-5-3-4-7(8)6-10-2/h7H,3-6,8H2,1-2H3. The number of hydrogen-bond donors (Lipinski definition) is 1. The molecule has 0 saturated heterocycles. The van der Waals surface area contributed by atoms with Crippen molar-refractivity contribution in [2.75, 3.05) is 25.7 Å². The molecule has 3 heteroatoms. The lowest BCUT2D eigenvalue weighted by Crippen LogP contribution is -2.22. The molecule has 2 N–H and O–H groups in total. The highest BCUT2D eigenvalue weighted by Gasteiger charge is 1.99. The summed E-state index contributed by atoms with van der Waals surface area (Å²) in [7, 11) is 1.72. The Bertz CT molecular complexity index is 70.6. The van der Waals surface area contributed by atoms with Crippen LogP contribution in [-0.2, 0) is 4.74 Å². The molecule has 10 heavy (non-hydrogen) atoms. The first-order chi connectivity index (χ1) is 4.81. The summed E-state index contributed by atoms with van der Waals surface area (Å²) < 4.78 is 4.91. The Labute approximate surface area is 67.5 Å². The normalized spacial score (nSPS) is 13.5. The molecule has 0 aliphatic carbocycles. The summed E-state index contributed by atoms with van der Waals surface area (Å²) in [5.41, 5.74) is 5.75. The summed E-state index contributed by atoms with van der Waals surface area (Å²) in [4.78, 5) is 0. The molecule has 0 aliphatic heterocycles. The van der Waals surface area contributed by atoms with E-state index in [1.165, 1.54) is 0 Å². The van der Waals surface area contributed by atoms with Gasteiger partial charge in [0.05, 0.1) is 0 Å². The molecule has 0 bridgehead atoms. The molecule has 0 aromatic rings. The Hall–Kier alpha value is 0.270. The predicted molar refractivity (Wildman–Crippen MR) is 47.5 cm³/mol. The molecule has 0 heterocycles. The van der Waals surface area contributed by atoms with Gasteiger partial charge in [0, 0.05) is 25.5 Å².